The van der Waals surface area contributed by atoms with Gasteiger partial charge in [0, 0.05) is 0 Å². The highest BCUT2D eigenvalue weighted by atomic mass is 79.9. The van der Waals surface area contributed by atoms with Crippen molar-refractivity contribution in [2.24, 2.45) is 0 Å². The summed E-state index contributed by atoms with van der Waals surface area (Å²) in [4.78, 5) is 14.4. The highest BCUT2D eigenvalue weighted by Gasteiger charge is 2.11. The summed E-state index contributed by atoms with van der Waals surface area (Å²) in [5.41, 5.74) is 0. The number of carboxylic acids is 1. The third-order valence-electron chi connectivity index (χ3n) is 1.35. The lowest BCUT2D eigenvalue weighted by molar-refractivity contribution is -0.137. The quantitative estimate of drug-likeness (QED) is 0.906. The summed E-state index contributed by atoms with van der Waals surface area (Å²) >= 11 is 6.40. The van der Waals surface area contributed by atoms with E-state index in [4.69, 9.17) is 5.11 Å². The summed E-state index contributed by atoms with van der Waals surface area (Å²) in [6.45, 7) is 1.67. The molecule has 0 radical (unpaired) electrons. The van der Waals surface area contributed by atoms with Crippen molar-refractivity contribution in [2.45, 2.75) is 13.5 Å². The van der Waals surface area contributed by atoms with E-state index in [9.17, 15) is 4.79 Å². The number of rotatable bonds is 2. The average molecular weight is 298 g/mol. The molecule has 0 spiro atoms. The Morgan fingerprint density at radius 3 is 2.58 bits per heavy atom. The van der Waals surface area contributed by atoms with Crippen molar-refractivity contribution >= 4 is 37.8 Å². The van der Waals surface area contributed by atoms with Gasteiger partial charge in [-0.15, -0.1) is 0 Å². The number of aliphatic carboxylic acids is 1. The molecule has 6 heteroatoms. The highest BCUT2D eigenvalue weighted by molar-refractivity contribution is 9.13. The van der Waals surface area contributed by atoms with Crippen LogP contribution in [0.5, 0.6) is 0 Å². The number of hydrogen-bond donors (Lipinski definition) is 1. The second kappa shape index (κ2) is 3.57. The van der Waals surface area contributed by atoms with Crippen molar-refractivity contribution in [3.05, 3.63) is 15.0 Å². The molecule has 0 saturated carbocycles. The van der Waals surface area contributed by atoms with Crippen LogP contribution in [-0.4, -0.2) is 20.6 Å². The number of hydrogen-bond acceptors (Lipinski definition) is 2. The van der Waals surface area contributed by atoms with E-state index in [1.54, 1.807) is 11.5 Å². The minimum atomic E-state index is -0.885. The van der Waals surface area contributed by atoms with Crippen LogP contribution < -0.4 is 0 Å². The molecule has 0 aliphatic heterocycles. The summed E-state index contributed by atoms with van der Waals surface area (Å²) < 4.78 is 2.84. The van der Waals surface area contributed by atoms with E-state index in [0.717, 1.165) is 0 Å². The lowest BCUT2D eigenvalue weighted by Crippen LogP contribution is -2.10. The fourth-order valence-corrected chi connectivity index (χ4v) is 1.76. The summed E-state index contributed by atoms with van der Waals surface area (Å²) in [6, 6.07) is 0. The van der Waals surface area contributed by atoms with Gasteiger partial charge in [0.15, 0.2) is 0 Å². The number of aromatic nitrogens is 2. The Balaban J connectivity index is 3.05. The Bertz CT molecular complexity index is 322. The van der Waals surface area contributed by atoms with E-state index < -0.39 is 5.97 Å². The molecule has 0 amide bonds. The van der Waals surface area contributed by atoms with Gasteiger partial charge >= 0.3 is 5.97 Å². The van der Waals surface area contributed by atoms with Crippen LogP contribution in [0.4, 0.5) is 0 Å². The maximum atomic E-state index is 10.4. The van der Waals surface area contributed by atoms with Gasteiger partial charge < -0.3 is 9.67 Å². The maximum Gasteiger partial charge on any atom is 0.323 e. The smallest absolute Gasteiger partial charge is 0.323 e. The minimum absolute atomic E-state index is 0.0784. The molecule has 0 aliphatic carbocycles. The van der Waals surface area contributed by atoms with Gasteiger partial charge in [0.05, 0.1) is 0 Å². The first kappa shape index (κ1) is 9.73. The zero-order valence-corrected chi connectivity index (χ0v) is 9.38. The lowest BCUT2D eigenvalue weighted by atomic mass is 10.6. The number of halogens is 2. The molecule has 0 aromatic carbocycles. The summed E-state index contributed by atoms with van der Waals surface area (Å²) in [6.07, 6.45) is 0. The van der Waals surface area contributed by atoms with Gasteiger partial charge in [-0.2, -0.15) is 0 Å². The Morgan fingerprint density at radius 2 is 2.25 bits per heavy atom. The third-order valence-corrected chi connectivity index (χ3v) is 3.24. The van der Waals surface area contributed by atoms with Crippen LogP contribution in [0.1, 0.15) is 5.82 Å². The van der Waals surface area contributed by atoms with Gasteiger partial charge in [-0.1, -0.05) is 0 Å². The number of carboxylic acid groups (broad SMARTS) is 1. The molecular weight excluding hydrogens is 292 g/mol. The molecule has 4 nitrogen and oxygen atoms in total. The second-order valence-corrected chi connectivity index (χ2v) is 3.72. The van der Waals surface area contributed by atoms with Gasteiger partial charge in [0.1, 0.15) is 21.6 Å². The molecule has 0 fully saturated rings. The average Bonchev–Trinajstić information content (AvgIpc) is 2.16. The van der Waals surface area contributed by atoms with Crippen molar-refractivity contribution < 1.29 is 9.90 Å². The van der Waals surface area contributed by atoms with Gasteiger partial charge in [-0.3, -0.25) is 4.79 Å². The normalized spacial score (nSPS) is 10.2. The molecule has 0 saturated heterocycles. The molecule has 0 bridgehead atoms. The molecule has 12 heavy (non-hydrogen) atoms. The first-order valence-corrected chi connectivity index (χ1v) is 4.71. The molecule has 1 heterocycles. The van der Waals surface area contributed by atoms with E-state index in [0.29, 0.717) is 15.0 Å². The maximum absolute atomic E-state index is 10.4. The zero-order chi connectivity index (χ0) is 9.30. The Morgan fingerprint density at radius 1 is 1.67 bits per heavy atom. The Hall–Kier alpha value is -0.360. The number of nitrogens with zero attached hydrogens (tertiary/aromatic N) is 2. The molecule has 66 valence electrons. The Kier molecular flexibility index (Phi) is 2.89. The van der Waals surface area contributed by atoms with Crippen LogP contribution in [0.2, 0.25) is 0 Å². The number of imidazole rings is 1. The van der Waals surface area contributed by atoms with E-state index >= 15 is 0 Å². The van der Waals surface area contributed by atoms with E-state index in [1.807, 2.05) is 0 Å². The predicted molar refractivity (Wildman–Crippen MR) is 50.0 cm³/mol. The molecule has 1 aromatic heterocycles. The minimum Gasteiger partial charge on any atom is -0.480 e. The summed E-state index contributed by atoms with van der Waals surface area (Å²) in [5, 5.41) is 8.54. The van der Waals surface area contributed by atoms with Gasteiger partial charge in [0.2, 0.25) is 0 Å². The SMILES string of the molecule is Cc1nc(Br)c(Br)n1CC(=O)O. The first-order chi connectivity index (χ1) is 5.52. The van der Waals surface area contributed by atoms with E-state index in [-0.39, 0.29) is 6.54 Å². The van der Waals surface area contributed by atoms with E-state index in [2.05, 4.69) is 36.8 Å². The molecule has 1 aromatic rings. The first-order valence-electron chi connectivity index (χ1n) is 3.12. The predicted octanol–water partition coefficient (Wildman–Crippen LogP) is 1.80. The molecule has 1 rings (SSSR count). The fraction of sp³-hybridized carbons (Fsp3) is 0.333. The zero-order valence-electron chi connectivity index (χ0n) is 6.21. The Labute approximate surface area is 85.9 Å². The van der Waals surface area contributed by atoms with Crippen LogP contribution in [0.3, 0.4) is 0 Å². The topological polar surface area (TPSA) is 55.1 Å². The van der Waals surface area contributed by atoms with E-state index in [1.165, 1.54) is 0 Å². The van der Waals surface area contributed by atoms with Crippen molar-refractivity contribution in [3.8, 4) is 0 Å². The highest BCUT2D eigenvalue weighted by Crippen LogP contribution is 2.23. The van der Waals surface area contributed by atoms with Crippen LogP contribution in [0.25, 0.3) is 0 Å². The third kappa shape index (κ3) is 1.87. The molecule has 1 N–H and O–H groups in total. The largest absolute Gasteiger partial charge is 0.480 e. The van der Waals surface area contributed by atoms with Crippen LogP contribution in [0, 0.1) is 6.92 Å². The van der Waals surface area contributed by atoms with Crippen molar-refractivity contribution in [1.29, 1.82) is 0 Å². The monoisotopic (exact) mass is 296 g/mol. The van der Waals surface area contributed by atoms with Crippen LogP contribution >= 0.6 is 31.9 Å². The number of carbonyl (C=O) groups is 1. The molecule has 0 unspecified atom stereocenters. The van der Waals surface area contributed by atoms with Gasteiger partial charge in [0.25, 0.3) is 0 Å². The standard InChI is InChI=1S/C6H6Br2N2O2/c1-3-9-5(7)6(8)10(3)2-4(11)12/h2H2,1H3,(H,11,12). The summed E-state index contributed by atoms with van der Waals surface area (Å²) in [5.74, 6) is -0.222. The van der Waals surface area contributed by atoms with Crippen molar-refractivity contribution in [2.75, 3.05) is 0 Å². The molecule has 0 aliphatic rings. The molecule has 0 atom stereocenters. The van der Waals surface area contributed by atoms with Crippen molar-refractivity contribution in [3.63, 3.8) is 0 Å². The van der Waals surface area contributed by atoms with Crippen LogP contribution in [-0.2, 0) is 11.3 Å². The van der Waals surface area contributed by atoms with Crippen LogP contribution in [0.15, 0.2) is 9.21 Å². The lowest BCUT2D eigenvalue weighted by Gasteiger charge is -2.01. The van der Waals surface area contributed by atoms with Gasteiger partial charge in [-0.25, -0.2) is 4.98 Å². The fourth-order valence-electron chi connectivity index (χ4n) is 0.821. The van der Waals surface area contributed by atoms with Gasteiger partial charge in [-0.05, 0) is 38.8 Å². The number of aryl methyl sites for hydroxylation is 1. The second-order valence-electron chi connectivity index (χ2n) is 2.22. The van der Waals surface area contributed by atoms with Crippen molar-refractivity contribution in [1.82, 2.24) is 9.55 Å². The summed E-state index contributed by atoms with van der Waals surface area (Å²) in [7, 11) is 0. The molecular formula is C6H6Br2N2O2.